The second-order valence-corrected chi connectivity index (χ2v) is 5.34. The molecule has 1 heterocycles. The van der Waals surface area contributed by atoms with E-state index in [0.29, 0.717) is 24.8 Å². The van der Waals surface area contributed by atoms with Crippen molar-refractivity contribution in [3.8, 4) is 0 Å². The summed E-state index contributed by atoms with van der Waals surface area (Å²) in [4.78, 5) is 14.1. The lowest BCUT2D eigenvalue weighted by molar-refractivity contribution is 0.0871. The highest BCUT2D eigenvalue weighted by Gasteiger charge is 2.29. The molecule has 1 saturated carbocycles. The van der Waals surface area contributed by atoms with Gasteiger partial charge >= 0.3 is 0 Å². The predicted octanol–water partition coefficient (Wildman–Crippen LogP) is 1.62. The van der Waals surface area contributed by atoms with Gasteiger partial charge < -0.3 is 14.8 Å². The number of amides is 1. The smallest absolute Gasteiger partial charge is 0.287 e. The Kier molecular flexibility index (Phi) is 5.20. The average Bonchev–Trinajstić information content (AvgIpc) is 3.21. The maximum Gasteiger partial charge on any atom is 0.287 e. The van der Waals surface area contributed by atoms with Crippen LogP contribution in [0.15, 0.2) is 16.5 Å². The molecule has 0 aliphatic heterocycles. The summed E-state index contributed by atoms with van der Waals surface area (Å²) in [6.45, 7) is 7.11. The molecular formula is C15H24N2O3. The number of aliphatic hydroxyl groups is 1. The molecule has 1 amide bonds. The van der Waals surface area contributed by atoms with Gasteiger partial charge in [-0.15, -0.1) is 0 Å². The van der Waals surface area contributed by atoms with E-state index in [4.69, 9.17) is 4.42 Å². The molecule has 2 N–H and O–H groups in total. The zero-order valence-electron chi connectivity index (χ0n) is 12.3. The Hall–Kier alpha value is -1.33. The van der Waals surface area contributed by atoms with E-state index in [1.54, 1.807) is 6.07 Å². The van der Waals surface area contributed by atoms with Crippen LogP contribution in [0.4, 0.5) is 0 Å². The lowest BCUT2D eigenvalue weighted by Crippen LogP contribution is -2.32. The molecule has 0 spiro atoms. The number of aliphatic hydroxyl groups excluding tert-OH is 1. The van der Waals surface area contributed by atoms with Gasteiger partial charge in [0.05, 0.1) is 12.6 Å². The Bertz CT molecular complexity index is 436. The highest BCUT2D eigenvalue weighted by molar-refractivity contribution is 5.91. The van der Waals surface area contributed by atoms with Crippen LogP contribution in [-0.4, -0.2) is 41.7 Å². The van der Waals surface area contributed by atoms with E-state index in [1.807, 2.05) is 6.07 Å². The number of nitrogens with zero attached hydrogens (tertiary/aromatic N) is 1. The standard InChI is InChI=1S/C15H24N2O3/c1-3-17(4-2)10-12-7-8-14(20-12)15(19)16-9-13(18)11-5-6-11/h7-8,11,13,18H,3-6,9-10H2,1-2H3,(H,16,19). The highest BCUT2D eigenvalue weighted by atomic mass is 16.4. The Morgan fingerprint density at radius 2 is 2.15 bits per heavy atom. The normalized spacial score (nSPS) is 16.4. The topological polar surface area (TPSA) is 65.7 Å². The van der Waals surface area contributed by atoms with Crippen molar-refractivity contribution < 1.29 is 14.3 Å². The Morgan fingerprint density at radius 1 is 1.45 bits per heavy atom. The second-order valence-electron chi connectivity index (χ2n) is 5.34. The van der Waals surface area contributed by atoms with Crippen LogP contribution < -0.4 is 5.32 Å². The minimum Gasteiger partial charge on any atom is -0.455 e. The summed E-state index contributed by atoms with van der Waals surface area (Å²) < 4.78 is 5.55. The first-order valence-corrected chi connectivity index (χ1v) is 7.41. The summed E-state index contributed by atoms with van der Waals surface area (Å²) in [6, 6.07) is 3.53. The largest absolute Gasteiger partial charge is 0.455 e. The molecule has 112 valence electrons. The number of hydrogen-bond acceptors (Lipinski definition) is 4. The van der Waals surface area contributed by atoms with Crippen LogP contribution in [0.1, 0.15) is 43.0 Å². The zero-order chi connectivity index (χ0) is 14.5. The predicted molar refractivity (Wildman–Crippen MR) is 76.4 cm³/mol. The molecule has 1 aromatic heterocycles. The van der Waals surface area contributed by atoms with Crippen molar-refractivity contribution in [2.75, 3.05) is 19.6 Å². The van der Waals surface area contributed by atoms with Crippen molar-refractivity contribution in [3.63, 3.8) is 0 Å². The quantitative estimate of drug-likeness (QED) is 0.759. The van der Waals surface area contributed by atoms with Crippen LogP contribution in [0, 0.1) is 5.92 Å². The molecule has 0 radical (unpaired) electrons. The summed E-state index contributed by atoms with van der Waals surface area (Å²) in [5.74, 6) is 1.22. The lowest BCUT2D eigenvalue weighted by atomic mass is 10.2. The van der Waals surface area contributed by atoms with Gasteiger partial charge in [0.1, 0.15) is 5.76 Å². The first-order chi connectivity index (χ1) is 9.63. The third kappa shape index (κ3) is 4.08. The average molecular weight is 280 g/mol. The maximum atomic E-state index is 11.9. The summed E-state index contributed by atoms with van der Waals surface area (Å²) >= 11 is 0. The zero-order valence-corrected chi connectivity index (χ0v) is 12.3. The molecule has 2 rings (SSSR count). The first kappa shape index (κ1) is 15.1. The van der Waals surface area contributed by atoms with E-state index in [0.717, 1.165) is 31.7 Å². The molecule has 1 unspecified atom stereocenters. The van der Waals surface area contributed by atoms with Crippen LogP contribution in [0.2, 0.25) is 0 Å². The van der Waals surface area contributed by atoms with E-state index in [9.17, 15) is 9.90 Å². The first-order valence-electron chi connectivity index (χ1n) is 7.41. The van der Waals surface area contributed by atoms with Gasteiger partial charge in [-0.3, -0.25) is 9.69 Å². The maximum absolute atomic E-state index is 11.9. The molecule has 0 bridgehead atoms. The lowest BCUT2D eigenvalue weighted by Gasteiger charge is -2.15. The fourth-order valence-corrected chi connectivity index (χ4v) is 2.18. The van der Waals surface area contributed by atoms with Crippen LogP contribution in [0.5, 0.6) is 0 Å². The Morgan fingerprint density at radius 3 is 2.75 bits per heavy atom. The van der Waals surface area contributed by atoms with E-state index in [-0.39, 0.29) is 5.91 Å². The third-order valence-electron chi connectivity index (χ3n) is 3.80. The van der Waals surface area contributed by atoms with Gasteiger partial charge in [0.25, 0.3) is 5.91 Å². The van der Waals surface area contributed by atoms with Crippen molar-refractivity contribution >= 4 is 5.91 Å². The molecular weight excluding hydrogens is 256 g/mol. The molecule has 20 heavy (non-hydrogen) atoms. The second kappa shape index (κ2) is 6.90. The molecule has 1 fully saturated rings. The van der Waals surface area contributed by atoms with Gasteiger partial charge in [0.2, 0.25) is 0 Å². The fraction of sp³-hybridized carbons (Fsp3) is 0.667. The SMILES string of the molecule is CCN(CC)Cc1ccc(C(=O)NCC(O)C2CC2)o1. The minimum atomic E-state index is -0.427. The van der Waals surface area contributed by atoms with Gasteiger partial charge in [0.15, 0.2) is 5.76 Å². The Balaban J connectivity index is 1.82. The van der Waals surface area contributed by atoms with Crippen molar-refractivity contribution in [1.82, 2.24) is 10.2 Å². The minimum absolute atomic E-state index is 0.254. The van der Waals surface area contributed by atoms with Crippen molar-refractivity contribution in [1.29, 1.82) is 0 Å². The molecule has 0 aromatic carbocycles. The van der Waals surface area contributed by atoms with Crippen LogP contribution in [0.25, 0.3) is 0 Å². The number of hydrogen-bond donors (Lipinski definition) is 2. The number of carbonyl (C=O) groups is 1. The van der Waals surface area contributed by atoms with E-state index in [2.05, 4.69) is 24.1 Å². The van der Waals surface area contributed by atoms with Gasteiger partial charge in [-0.1, -0.05) is 13.8 Å². The molecule has 1 aromatic rings. The van der Waals surface area contributed by atoms with Crippen molar-refractivity contribution in [3.05, 3.63) is 23.7 Å². The number of carbonyl (C=O) groups excluding carboxylic acids is 1. The van der Waals surface area contributed by atoms with Crippen molar-refractivity contribution in [2.45, 2.75) is 39.3 Å². The van der Waals surface area contributed by atoms with Crippen LogP contribution >= 0.6 is 0 Å². The van der Waals surface area contributed by atoms with Gasteiger partial charge in [0, 0.05) is 6.54 Å². The van der Waals surface area contributed by atoms with Crippen molar-refractivity contribution in [2.24, 2.45) is 5.92 Å². The molecule has 1 atom stereocenters. The van der Waals surface area contributed by atoms with Gasteiger partial charge in [-0.05, 0) is 44.0 Å². The monoisotopic (exact) mass is 280 g/mol. The van der Waals surface area contributed by atoms with Gasteiger partial charge in [-0.2, -0.15) is 0 Å². The molecule has 0 saturated heterocycles. The number of rotatable bonds is 8. The van der Waals surface area contributed by atoms with E-state index in [1.165, 1.54) is 0 Å². The summed E-state index contributed by atoms with van der Waals surface area (Å²) in [7, 11) is 0. The fourth-order valence-electron chi connectivity index (χ4n) is 2.18. The highest BCUT2D eigenvalue weighted by Crippen LogP contribution is 2.32. The van der Waals surface area contributed by atoms with E-state index >= 15 is 0 Å². The molecule has 1 aliphatic carbocycles. The third-order valence-corrected chi connectivity index (χ3v) is 3.80. The molecule has 5 nitrogen and oxygen atoms in total. The molecule has 5 heteroatoms. The number of nitrogens with one attached hydrogen (secondary N) is 1. The van der Waals surface area contributed by atoms with E-state index < -0.39 is 6.10 Å². The summed E-state index contributed by atoms with van der Waals surface area (Å²) in [6.07, 6.45) is 1.70. The summed E-state index contributed by atoms with van der Waals surface area (Å²) in [5.41, 5.74) is 0. The summed E-state index contributed by atoms with van der Waals surface area (Å²) in [5, 5.41) is 12.4. The number of furan rings is 1. The van der Waals surface area contributed by atoms with Crippen LogP contribution in [0.3, 0.4) is 0 Å². The molecule has 1 aliphatic rings. The van der Waals surface area contributed by atoms with Crippen LogP contribution in [-0.2, 0) is 6.54 Å². The van der Waals surface area contributed by atoms with Gasteiger partial charge in [-0.25, -0.2) is 0 Å². The Labute approximate surface area is 119 Å².